The number of aromatic nitrogens is 4. The number of nitrogens with one attached hydrogen (secondary N) is 1. The van der Waals surface area contributed by atoms with Gasteiger partial charge in [-0.05, 0) is 24.6 Å². The van der Waals surface area contributed by atoms with Crippen molar-refractivity contribution in [2.75, 3.05) is 12.4 Å². The molecule has 4 rings (SSSR count). The van der Waals surface area contributed by atoms with E-state index >= 15 is 0 Å². The summed E-state index contributed by atoms with van der Waals surface area (Å²) in [5.41, 5.74) is 1.32. The fourth-order valence-corrected chi connectivity index (χ4v) is 3.30. The Morgan fingerprint density at radius 3 is 2.74 bits per heavy atom. The van der Waals surface area contributed by atoms with Crippen LogP contribution in [-0.4, -0.2) is 33.0 Å². The molecule has 3 aromatic rings. The molecule has 7 nitrogen and oxygen atoms in total. The summed E-state index contributed by atoms with van der Waals surface area (Å²) in [5.74, 6) is -1.81. The van der Waals surface area contributed by atoms with Gasteiger partial charge in [0.1, 0.15) is 5.82 Å². The summed E-state index contributed by atoms with van der Waals surface area (Å²) in [6, 6.07) is 7.20. The van der Waals surface area contributed by atoms with E-state index in [0.29, 0.717) is 28.8 Å². The highest BCUT2D eigenvalue weighted by molar-refractivity contribution is 5.95. The van der Waals surface area contributed by atoms with Crippen LogP contribution < -0.4 is 10.1 Å². The number of aryl methyl sites for hydroxylation is 1. The number of methoxy groups -OCH3 is 1. The number of amides is 1. The maximum atomic E-state index is 14.4. The van der Waals surface area contributed by atoms with Crippen molar-refractivity contribution in [2.45, 2.75) is 19.3 Å². The van der Waals surface area contributed by atoms with E-state index in [1.807, 2.05) is 0 Å². The molecule has 138 valence electrons. The first-order chi connectivity index (χ1) is 13.0. The van der Waals surface area contributed by atoms with Crippen LogP contribution in [0.3, 0.4) is 0 Å². The van der Waals surface area contributed by atoms with Gasteiger partial charge in [-0.3, -0.25) is 4.79 Å². The number of carbonyl (C=O) groups excluding carboxylic acids is 1. The third-order valence-corrected chi connectivity index (χ3v) is 4.51. The van der Waals surface area contributed by atoms with Gasteiger partial charge in [-0.1, -0.05) is 12.1 Å². The zero-order valence-electron chi connectivity index (χ0n) is 14.5. The Kier molecular flexibility index (Phi) is 4.06. The number of hydrogen-bond donors (Lipinski definition) is 1. The molecule has 1 atom stereocenters. The van der Waals surface area contributed by atoms with Gasteiger partial charge < -0.3 is 10.1 Å². The Hall–Kier alpha value is -3.36. The monoisotopic (exact) mass is 371 g/mol. The third kappa shape index (κ3) is 2.80. The molecule has 1 aliphatic rings. The van der Waals surface area contributed by atoms with E-state index in [9.17, 15) is 13.6 Å². The smallest absolute Gasteiger partial charge is 0.233 e. The minimum Gasteiger partial charge on any atom is -0.480 e. The Balaban J connectivity index is 1.87. The van der Waals surface area contributed by atoms with Crippen LogP contribution in [-0.2, 0) is 4.79 Å². The van der Waals surface area contributed by atoms with Crippen molar-refractivity contribution in [3.63, 3.8) is 0 Å². The zero-order chi connectivity index (χ0) is 19.1. The molecular formula is C18H15F2N5O2. The number of carbonyl (C=O) groups is 1. The standard InChI is InChI=1S/C18H15F2N5O2/c1-9-16-11(10-4-3-5-12(19)17(10)20)8-14(26)21-18(16)25(24-9)13-6-7-15(27-2)23-22-13/h3-7,11H,8H2,1-2H3,(H,21,26)/t11-/m1/s1. The fourth-order valence-electron chi connectivity index (χ4n) is 3.30. The zero-order valence-corrected chi connectivity index (χ0v) is 14.5. The number of hydrogen-bond acceptors (Lipinski definition) is 5. The molecule has 1 N–H and O–H groups in total. The van der Waals surface area contributed by atoms with Gasteiger partial charge >= 0.3 is 0 Å². The predicted molar refractivity (Wildman–Crippen MR) is 91.9 cm³/mol. The summed E-state index contributed by atoms with van der Waals surface area (Å²) in [6.07, 6.45) is -0.00576. The van der Waals surface area contributed by atoms with Crippen molar-refractivity contribution in [3.05, 3.63) is 58.8 Å². The highest BCUT2D eigenvalue weighted by atomic mass is 19.2. The summed E-state index contributed by atoms with van der Waals surface area (Å²) in [4.78, 5) is 12.3. The lowest BCUT2D eigenvalue weighted by Crippen LogP contribution is -2.25. The molecule has 0 saturated carbocycles. The molecule has 0 unspecified atom stereocenters. The third-order valence-electron chi connectivity index (χ3n) is 4.51. The van der Waals surface area contributed by atoms with Gasteiger partial charge in [0.2, 0.25) is 11.8 Å². The Bertz CT molecular complexity index is 1030. The topological polar surface area (TPSA) is 81.9 Å². The summed E-state index contributed by atoms with van der Waals surface area (Å²) in [6.45, 7) is 1.74. The Labute approximate surface area is 153 Å². The van der Waals surface area contributed by atoms with E-state index in [0.717, 1.165) is 6.07 Å². The molecule has 1 aromatic carbocycles. The number of fused-ring (bicyclic) bond motifs is 1. The molecule has 0 bridgehead atoms. The fraction of sp³-hybridized carbons (Fsp3) is 0.222. The molecule has 1 aliphatic heterocycles. The van der Waals surface area contributed by atoms with Crippen LogP contribution >= 0.6 is 0 Å². The van der Waals surface area contributed by atoms with Gasteiger partial charge in [-0.15, -0.1) is 10.2 Å². The van der Waals surface area contributed by atoms with Crippen LogP contribution in [0, 0.1) is 18.6 Å². The number of halogens is 2. The largest absolute Gasteiger partial charge is 0.480 e. The van der Waals surface area contributed by atoms with Crippen molar-refractivity contribution in [2.24, 2.45) is 0 Å². The number of rotatable bonds is 3. The van der Waals surface area contributed by atoms with Crippen molar-refractivity contribution in [1.82, 2.24) is 20.0 Å². The van der Waals surface area contributed by atoms with E-state index in [4.69, 9.17) is 4.74 Å². The average Bonchev–Trinajstić information content (AvgIpc) is 3.00. The number of benzene rings is 1. The molecule has 1 amide bonds. The number of anilines is 1. The van der Waals surface area contributed by atoms with E-state index in [1.54, 1.807) is 19.1 Å². The van der Waals surface area contributed by atoms with Crippen LogP contribution in [0.2, 0.25) is 0 Å². The van der Waals surface area contributed by atoms with E-state index in [-0.39, 0.29) is 17.9 Å². The second-order valence-electron chi connectivity index (χ2n) is 6.14. The first kappa shape index (κ1) is 17.1. The molecule has 3 heterocycles. The molecule has 27 heavy (non-hydrogen) atoms. The molecule has 0 fully saturated rings. The van der Waals surface area contributed by atoms with Crippen LogP contribution in [0.5, 0.6) is 5.88 Å². The van der Waals surface area contributed by atoms with Gasteiger partial charge in [0.25, 0.3) is 0 Å². The summed E-state index contributed by atoms with van der Waals surface area (Å²) in [5, 5.41) is 15.1. The molecule has 9 heteroatoms. The molecule has 0 radical (unpaired) electrons. The Morgan fingerprint density at radius 2 is 2.04 bits per heavy atom. The van der Waals surface area contributed by atoms with Crippen LogP contribution in [0.4, 0.5) is 14.6 Å². The SMILES string of the molecule is COc1ccc(-n2nc(C)c3c2NC(=O)C[C@@H]3c2cccc(F)c2F)nn1. The minimum absolute atomic E-state index is 0.00576. The van der Waals surface area contributed by atoms with E-state index in [1.165, 1.54) is 23.9 Å². The summed E-state index contributed by atoms with van der Waals surface area (Å²) in [7, 11) is 1.47. The van der Waals surface area contributed by atoms with Gasteiger partial charge in [0.15, 0.2) is 17.5 Å². The summed E-state index contributed by atoms with van der Waals surface area (Å²) >= 11 is 0. The highest BCUT2D eigenvalue weighted by Gasteiger charge is 2.34. The second-order valence-corrected chi connectivity index (χ2v) is 6.14. The summed E-state index contributed by atoms with van der Waals surface area (Å²) < 4.78 is 34.5. The molecule has 0 saturated heterocycles. The normalized spacial score (nSPS) is 16.0. The minimum atomic E-state index is -0.959. The number of ether oxygens (including phenoxy) is 1. The first-order valence-corrected chi connectivity index (χ1v) is 8.21. The average molecular weight is 371 g/mol. The second kappa shape index (κ2) is 6.42. The maximum Gasteiger partial charge on any atom is 0.233 e. The van der Waals surface area contributed by atoms with Gasteiger partial charge in [-0.25, -0.2) is 8.78 Å². The lowest BCUT2D eigenvalue weighted by atomic mass is 9.85. The lowest BCUT2D eigenvalue weighted by molar-refractivity contribution is -0.116. The van der Waals surface area contributed by atoms with Gasteiger partial charge in [-0.2, -0.15) is 9.78 Å². The van der Waals surface area contributed by atoms with E-state index < -0.39 is 17.6 Å². The number of nitrogens with zero attached hydrogens (tertiary/aromatic N) is 4. The predicted octanol–water partition coefficient (Wildman–Crippen LogP) is 2.73. The van der Waals surface area contributed by atoms with E-state index in [2.05, 4.69) is 20.6 Å². The van der Waals surface area contributed by atoms with Gasteiger partial charge in [0.05, 0.1) is 12.8 Å². The highest BCUT2D eigenvalue weighted by Crippen LogP contribution is 2.41. The van der Waals surface area contributed by atoms with Crippen molar-refractivity contribution < 1.29 is 18.3 Å². The Morgan fingerprint density at radius 1 is 1.22 bits per heavy atom. The maximum absolute atomic E-state index is 14.4. The quantitative estimate of drug-likeness (QED) is 0.766. The first-order valence-electron chi connectivity index (χ1n) is 8.21. The lowest BCUT2D eigenvalue weighted by Gasteiger charge is -2.24. The molecule has 2 aromatic heterocycles. The van der Waals surface area contributed by atoms with Crippen molar-refractivity contribution >= 4 is 11.7 Å². The van der Waals surface area contributed by atoms with Crippen LogP contribution in [0.25, 0.3) is 5.82 Å². The van der Waals surface area contributed by atoms with Crippen LogP contribution in [0.15, 0.2) is 30.3 Å². The van der Waals surface area contributed by atoms with Gasteiger partial charge in [0, 0.05) is 24.0 Å². The molecule has 0 aliphatic carbocycles. The van der Waals surface area contributed by atoms with Crippen molar-refractivity contribution in [3.8, 4) is 11.7 Å². The molecule has 0 spiro atoms. The molecular weight excluding hydrogens is 356 g/mol. The van der Waals surface area contributed by atoms with Crippen LogP contribution in [0.1, 0.15) is 29.2 Å². The van der Waals surface area contributed by atoms with Crippen molar-refractivity contribution in [1.29, 1.82) is 0 Å².